The molecule has 0 atom stereocenters. The van der Waals surface area contributed by atoms with E-state index >= 15 is 0 Å². The van der Waals surface area contributed by atoms with E-state index in [1.54, 1.807) is 23.7 Å². The highest BCUT2D eigenvalue weighted by Crippen LogP contribution is 2.33. The fraction of sp³-hybridized carbons (Fsp3) is 0.250. The minimum Gasteiger partial charge on any atom is -0.369 e. The maximum Gasteiger partial charge on any atom is 0.187 e. The van der Waals surface area contributed by atoms with Gasteiger partial charge < -0.3 is 19.7 Å². The second-order valence-electron chi connectivity index (χ2n) is 9.39. The molecular weight excluding hydrogens is 466 g/mol. The highest BCUT2D eigenvalue weighted by molar-refractivity contribution is 7.14. The largest absolute Gasteiger partial charge is 0.369 e. The summed E-state index contributed by atoms with van der Waals surface area (Å²) in [6, 6.07) is 17.1. The second kappa shape index (κ2) is 9.37. The number of anilines is 3. The van der Waals surface area contributed by atoms with Crippen molar-refractivity contribution < 1.29 is 0 Å². The lowest BCUT2D eigenvalue weighted by Gasteiger charge is -2.34. The van der Waals surface area contributed by atoms with Crippen LogP contribution in [0, 0.1) is 6.92 Å². The van der Waals surface area contributed by atoms with Crippen LogP contribution in [0.4, 0.5) is 16.5 Å². The first-order valence-electron chi connectivity index (χ1n) is 12.2. The molecule has 5 aromatic rings. The van der Waals surface area contributed by atoms with Crippen LogP contribution in [0.1, 0.15) is 5.56 Å². The Morgan fingerprint density at radius 2 is 1.69 bits per heavy atom. The normalized spacial score (nSPS) is 14.5. The predicted molar refractivity (Wildman–Crippen MR) is 149 cm³/mol. The minimum atomic E-state index is 0.861. The fourth-order valence-corrected chi connectivity index (χ4v) is 5.48. The van der Waals surface area contributed by atoms with Crippen molar-refractivity contribution in [2.75, 3.05) is 43.4 Å². The lowest BCUT2D eigenvalue weighted by Crippen LogP contribution is -2.44. The number of pyridine rings is 1. The molecule has 0 radical (unpaired) electrons. The monoisotopic (exact) mass is 495 g/mol. The van der Waals surface area contributed by atoms with E-state index in [2.05, 4.69) is 87.5 Å². The van der Waals surface area contributed by atoms with E-state index in [9.17, 15) is 0 Å². The fourth-order valence-electron chi connectivity index (χ4n) is 4.74. The summed E-state index contributed by atoms with van der Waals surface area (Å²) >= 11 is 1.60. The van der Waals surface area contributed by atoms with Crippen LogP contribution >= 0.6 is 11.3 Å². The predicted octanol–water partition coefficient (Wildman–Crippen LogP) is 5.56. The first-order chi connectivity index (χ1) is 17.5. The standard InChI is InChI=1S/C28H29N7S/c1-19-15-26-24(17-23(19)31-28-32-25(18-36-28)20-7-9-29-10-8-20)30-27(34(26)3)21-5-4-6-22(16-21)35-13-11-33(2)12-14-35/h4-10,15-18H,11-14H2,1-3H3,(H,31,32). The van der Waals surface area contributed by atoms with Gasteiger partial charge in [-0.05, 0) is 55.9 Å². The van der Waals surface area contributed by atoms with Crippen molar-refractivity contribution in [3.8, 4) is 22.6 Å². The Morgan fingerprint density at radius 3 is 2.50 bits per heavy atom. The number of benzene rings is 2. The third-order valence-corrected chi connectivity index (χ3v) is 7.68. The number of aryl methyl sites for hydroxylation is 2. The number of hydrogen-bond donors (Lipinski definition) is 1. The average molecular weight is 496 g/mol. The number of imidazole rings is 1. The molecule has 2 aromatic carbocycles. The highest BCUT2D eigenvalue weighted by Gasteiger charge is 2.17. The molecule has 0 spiro atoms. The minimum absolute atomic E-state index is 0.861. The van der Waals surface area contributed by atoms with Crippen LogP contribution in [-0.4, -0.2) is 57.6 Å². The van der Waals surface area contributed by atoms with Crippen LogP contribution in [0.15, 0.2) is 66.3 Å². The van der Waals surface area contributed by atoms with Gasteiger partial charge in [-0.25, -0.2) is 9.97 Å². The highest BCUT2D eigenvalue weighted by atomic mass is 32.1. The molecule has 1 N–H and O–H groups in total. The van der Waals surface area contributed by atoms with Gasteiger partial charge in [0.05, 0.1) is 16.7 Å². The molecule has 1 aliphatic heterocycles. The Balaban J connectivity index is 1.29. The van der Waals surface area contributed by atoms with Crippen LogP contribution in [-0.2, 0) is 7.05 Å². The van der Waals surface area contributed by atoms with Crippen LogP contribution in [0.2, 0.25) is 0 Å². The first-order valence-corrected chi connectivity index (χ1v) is 13.1. The van der Waals surface area contributed by atoms with Gasteiger partial charge in [0.1, 0.15) is 5.82 Å². The van der Waals surface area contributed by atoms with Gasteiger partial charge in [-0.15, -0.1) is 11.3 Å². The Morgan fingerprint density at radius 1 is 0.889 bits per heavy atom. The summed E-state index contributed by atoms with van der Waals surface area (Å²) < 4.78 is 2.19. The third kappa shape index (κ3) is 4.34. The molecule has 1 saturated heterocycles. The maximum absolute atomic E-state index is 5.05. The average Bonchev–Trinajstić information content (AvgIpc) is 3.50. The molecule has 3 aromatic heterocycles. The second-order valence-corrected chi connectivity index (χ2v) is 10.2. The van der Waals surface area contributed by atoms with Crippen molar-refractivity contribution >= 4 is 38.9 Å². The summed E-state index contributed by atoms with van der Waals surface area (Å²) in [6.45, 7) is 6.41. The third-order valence-electron chi connectivity index (χ3n) is 6.92. The van der Waals surface area contributed by atoms with E-state index in [4.69, 9.17) is 9.97 Å². The van der Waals surface area contributed by atoms with E-state index < -0.39 is 0 Å². The lowest BCUT2D eigenvalue weighted by atomic mass is 10.1. The van der Waals surface area contributed by atoms with Crippen molar-refractivity contribution in [2.24, 2.45) is 7.05 Å². The molecule has 36 heavy (non-hydrogen) atoms. The molecule has 1 aliphatic rings. The van der Waals surface area contributed by atoms with Crippen molar-refractivity contribution in [3.05, 3.63) is 71.9 Å². The Kier molecular flexibility index (Phi) is 5.91. The van der Waals surface area contributed by atoms with Gasteiger partial charge in [-0.2, -0.15) is 0 Å². The van der Waals surface area contributed by atoms with E-state index in [1.165, 1.54) is 5.69 Å². The zero-order chi connectivity index (χ0) is 24.6. The van der Waals surface area contributed by atoms with Gasteiger partial charge >= 0.3 is 0 Å². The SMILES string of the molecule is Cc1cc2c(cc1Nc1nc(-c3ccncc3)cs1)nc(-c1cccc(N3CCN(C)CC3)c1)n2C. The van der Waals surface area contributed by atoms with E-state index in [1.807, 2.05) is 12.1 Å². The molecule has 182 valence electrons. The molecule has 8 heteroatoms. The molecule has 0 unspecified atom stereocenters. The molecule has 4 heterocycles. The zero-order valence-corrected chi connectivity index (χ0v) is 21.6. The summed E-state index contributed by atoms with van der Waals surface area (Å²) in [5.74, 6) is 0.978. The Hall–Kier alpha value is -3.75. The molecule has 0 saturated carbocycles. The number of hydrogen-bond acceptors (Lipinski definition) is 7. The van der Waals surface area contributed by atoms with Gasteiger partial charge in [0, 0.05) is 73.5 Å². The summed E-state index contributed by atoms with van der Waals surface area (Å²) in [7, 11) is 4.29. The molecular formula is C28H29N7S. The number of piperazine rings is 1. The van der Waals surface area contributed by atoms with Crippen molar-refractivity contribution in [1.82, 2.24) is 24.4 Å². The van der Waals surface area contributed by atoms with E-state index in [0.29, 0.717) is 0 Å². The van der Waals surface area contributed by atoms with Crippen LogP contribution in [0.5, 0.6) is 0 Å². The number of aromatic nitrogens is 4. The molecule has 6 rings (SSSR count). The summed E-state index contributed by atoms with van der Waals surface area (Å²) in [5, 5.41) is 6.44. The molecule has 7 nitrogen and oxygen atoms in total. The summed E-state index contributed by atoms with van der Waals surface area (Å²) in [4.78, 5) is 18.8. The van der Waals surface area contributed by atoms with E-state index in [-0.39, 0.29) is 0 Å². The van der Waals surface area contributed by atoms with Crippen molar-refractivity contribution in [2.45, 2.75) is 6.92 Å². The zero-order valence-electron chi connectivity index (χ0n) is 20.8. The number of thiazole rings is 1. The molecule has 0 amide bonds. The smallest absolute Gasteiger partial charge is 0.187 e. The van der Waals surface area contributed by atoms with Gasteiger partial charge in [-0.1, -0.05) is 12.1 Å². The van der Waals surface area contributed by atoms with Gasteiger partial charge in [-0.3, -0.25) is 4.98 Å². The van der Waals surface area contributed by atoms with Crippen LogP contribution in [0.3, 0.4) is 0 Å². The number of rotatable bonds is 5. The van der Waals surface area contributed by atoms with Gasteiger partial charge in [0.25, 0.3) is 0 Å². The van der Waals surface area contributed by atoms with Gasteiger partial charge in [0.2, 0.25) is 0 Å². The number of nitrogens with zero attached hydrogens (tertiary/aromatic N) is 6. The number of nitrogens with one attached hydrogen (secondary N) is 1. The molecule has 0 bridgehead atoms. The summed E-state index contributed by atoms with van der Waals surface area (Å²) in [6.07, 6.45) is 3.58. The molecule has 1 fully saturated rings. The van der Waals surface area contributed by atoms with E-state index in [0.717, 1.165) is 76.2 Å². The van der Waals surface area contributed by atoms with Crippen LogP contribution in [0.25, 0.3) is 33.7 Å². The van der Waals surface area contributed by atoms with Crippen molar-refractivity contribution in [3.63, 3.8) is 0 Å². The van der Waals surface area contributed by atoms with Crippen LogP contribution < -0.4 is 10.2 Å². The Bertz CT molecular complexity index is 1510. The lowest BCUT2D eigenvalue weighted by molar-refractivity contribution is 0.313. The topological polar surface area (TPSA) is 62.1 Å². The number of fused-ring (bicyclic) bond motifs is 1. The van der Waals surface area contributed by atoms with Crippen molar-refractivity contribution in [1.29, 1.82) is 0 Å². The maximum atomic E-state index is 5.05. The summed E-state index contributed by atoms with van der Waals surface area (Å²) in [5.41, 5.74) is 8.68. The first kappa shape index (κ1) is 22.7. The Labute approximate surface area is 215 Å². The quantitative estimate of drug-likeness (QED) is 0.344. The number of likely N-dealkylation sites (N-methyl/N-ethyl adjacent to an activating group) is 1. The molecule has 0 aliphatic carbocycles. The van der Waals surface area contributed by atoms with Gasteiger partial charge in [0.15, 0.2) is 5.13 Å².